The largest absolute Gasteiger partial charge is 0.348 e. The number of nitrogens with zero attached hydrogens (tertiary/aromatic N) is 2. The SMILES string of the molecule is O=C(NC1CCCCCC1)c1ccnc(Nc2ccccc2F)n1. The van der Waals surface area contributed by atoms with Gasteiger partial charge in [0.15, 0.2) is 0 Å². The van der Waals surface area contributed by atoms with Gasteiger partial charge in [-0.15, -0.1) is 0 Å². The van der Waals surface area contributed by atoms with Crippen LogP contribution in [-0.2, 0) is 0 Å². The van der Waals surface area contributed by atoms with E-state index in [1.165, 1.54) is 25.1 Å². The van der Waals surface area contributed by atoms with E-state index in [0.29, 0.717) is 0 Å². The summed E-state index contributed by atoms with van der Waals surface area (Å²) in [5.41, 5.74) is 0.562. The zero-order valence-corrected chi connectivity index (χ0v) is 13.5. The number of hydrogen-bond acceptors (Lipinski definition) is 4. The second-order valence-electron chi connectivity index (χ2n) is 6.03. The van der Waals surface area contributed by atoms with Gasteiger partial charge in [-0.1, -0.05) is 37.8 Å². The van der Waals surface area contributed by atoms with Crippen molar-refractivity contribution < 1.29 is 9.18 Å². The summed E-state index contributed by atoms with van der Waals surface area (Å²) in [5.74, 6) is -0.399. The van der Waals surface area contributed by atoms with Crippen molar-refractivity contribution >= 4 is 17.5 Å². The van der Waals surface area contributed by atoms with Crippen LogP contribution in [0, 0.1) is 5.82 Å². The quantitative estimate of drug-likeness (QED) is 0.838. The van der Waals surface area contributed by atoms with E-state index in [0.717, 1.165) is 25.7 Å². The Labute approximate surface area is 140 Å². The predicted molar refractivity (Wildman–Crippen MR) is 90.7 cm³/mol. The summed E-state index contributed by atoms with van der Waals surface area (Å²) in [6, 6.07) is 8.05. The maximum Gasteiger partial charge on any atom is 0.270 e. The topological polar surface area (TPSA) is 66.9 Å². The molecule has 1 aliphatic carbocycles. The second-order valence-corrected chi connectivity index (χ2v) is 6.03. The smallest absolute Gasteiger partial charge is 0.270 e. The molecule has 6 heteroatoms. The first-order valence-corrected chi connectivity index (χ1v) is 8.38. The molecule has 1 saturated carbocycles. The van der Waals surface area contributed by atoms with E-state index in [1.807, 2.05) is 0 Å². The monoisotopic (exact) mass is 328 g/mol. The van der Waals surface area contributed by atoms with Crippen molar-refractivity contribution in [1.82, 2.24) is 15.3 Å². The summed E-state index contributed by atoms with van der Waals surface area (Å²) >= 11 is 0. The van der Waals surface area contributed by atoms with E-state index in [9.17, 15) is 9.18 Å². The van der Waals surface area contributed by atoms with Gasteiger partial charge in [0.2, 0.25) is 5.95 Å². The lowest BCUT2D eigenvalue weighted by molar-refractivity contribution is 0.0928. The molecule has 126 valence electrons. The highest BCUT2D eigenvalue weighted by atomic mass is 19.1. The molecule has 0 radical (unpaired) electrons. The summed E-state index contributed by atoms with van der Waals surface area (Å²) in [4.78, 5) is 20.6. The Morgan fingerprint density at radius 1 is 1.08 bits per heavy atom. The predicted octanol–water partition coefficient (Wildman–Crippen LogP) is 3.81. The molecule has 1 aliphatic rings. The van der Waals surface area contributed by atoms with E-state index in [1.54, 1.807) is 24.3 Å². The zero-order chi connectivity index (χ0) is 16.8. The minimum atomic E-state index is -0.394. The normalized spacial score (nSPS) is 15.5. The molecular formula is C18H21FN4O. The zero-order valence-electron chi connectivity index (χ0n) is 13.5. The van der Waals surface area contributed by atoms with Crippen molar-refractivity contribution in [2.75, 3.05) is 5.32 Å². The molecule has 1 heterocycles. The van der Waals surface area contributed by atoms with Gasteiger partial charge in [-0.25, -0.2) is 14.4 Å². The molecule has 2 aromatic rings. The van der Waals surface area contributed by atoms with Crippen LogP contribution >= 0.6 is 0 Å². The van der Waals surface area contributed by atoms with Gasteiger partial charge in [0, 0.05) is 12.2 Å². The molecule has 0 spiro atoms. The molecule has 3 rings (SSSR count). The van der Waals surface area contributed by atoms with Gasteiger partial charge in [-0.2, -0.15) is 0 Å². The van der Waals surface area contributed by atoms with Crippen molar-refractivity contribution in [3.05, 3.63) is 48.0 Å². The van der Waals surface area contributed by atoms with Crippen LogP contribution in [0.15, 0.2) is 36.5 Å². The van der Waals surface area contributed by atoms with E-state index in [2.05, 4.69) is 20.6 Å². The van der Waals surface area contributed by atoms with Crippen LogP contribution in [0.1, 0.15) is 49.0 Å². The fourth-order valence-corrected chi connectivity index (χ4v) is 2.91. The number of halogens is 1. The van der Waals surface area contributed by atoms with Crippen LogP contribution in [0.4, 0.5) is 16.0 Å². The molecule has 1 fully saturated rings. The average Bonchev–Trinajstić information content (AvgIpc) is 2.86. The van der Waals surface area contributed by atoms with E-state index in [4.69, 9.17) is 0 Å². The highest BCUT2D eigenvalue weighted by Crippen LogP contribution is 2.18. The summed E-state index contributed by atoms with van der Waals surface area (Å²) in [6.45, 7) is 0. The summed E-state index contributed by atoms with van der Waals surface area (Å²) in [7, 11) is 0. The Hall–Kier alpha value is -2.50. The maximum atomic E-state index is 13.7. The van der Waals surface area contributed by atoms with Gasteiger partial charge < -0.3 is 10.6 Å². The number of hydrogen-bond donors (Lipinski definition) is 2. The molecule has 24 heavy (non-hydrogen) atoms. The van der Waals surface area contributed by atoms with Crippen LogP contribution in [0.5, 0.6) is 0 Å². The molecule has 2 N–H and O–H groups in total. The first kappa shape index (κ1) is 16.4. The second kappa shape index (κ2) is 7.86. The van der Waals surface area contributed by atoms with Crippen LogP contribution in [-0.4, -0.2) is 21.9 Å². The third kappa shape index (κ3) is 4.28. The minimum absolute atomic E-state index is 0.202. The third-order valence-electron chi connectivity index (χ3n) is 4.20. The van der Waals surface area contributed by atoms with Crippen LogP contribution < -0.4 is 10.6 Å². The lowest BCUT2D eigenvalue weighted by atomic mass is 10.1. The number of carbonyl (C=O) groups is 1. The molecule has 0 unspecified atom stereocenters. The lowest BCUT2D eigenvalue weighted by Gasteiger charge is -2.16. The number of benzene rings is 1. The lowest BCUT2D eigenvalue weighted by Crippen LogP contribution is -2.35. The summed E-state index contributed by atoms with van der Waals surface area (Å²) in [6.07, 6.45) is 8.28. The molecule has 1 aromatic carbocycles. The minimum Gasteiger partial charge on any atom is -0.348 e. The number of carbonyl (C=O) groups excluding carboxylic acids is 1. The number of nitrogens with one attached hydrogen (secondary N) is 2. The highest BCUT2D eigenvalue weighted by Gasteiger charge is 2.17. The Morgan fingerprint density at radius 2 is 1.83 bits per heavy atom. The van der Waals surface area contributed by atoms with Gasteiger partial charge in [-0.05, 0) is 31.0 Å². The average molecular weight is 328 g/mol. The maximum absolute atomic E-state index is 13.7. The fraction of sp³-hybridized carbons (Fsp3) is 0.389. The van der Waals surface area contributed by atoms with Gasteiger partial charge in [0.05, 0.1) is 5.69 Å². The molecule has 1 amide bonds. The van der Waals surface area contributed by atoms with Gasteiger partial charge in [0.25, 0.3) is 5.91 Å². The Morgan fingerprint density at radius 3 is 2.58 bits per heavy atom. The summed E-state index contributed by atoms with van der Waals surface area (Å²) < 4.78 is 13.7. The van der Waals surface area contributed by atoms with Gasteiger partial charge >= 0.3 is 0 Å². The van der Waals surface area contributed by atoms with Crippen LogP contribution in [0.3, 0.4) is 0 Å². The van der Waals surface area contributed by atoms with Crippen LogP contribution in [0.2, 0.25) is 0 Å². The molecule has 0 bridgehead atoms. The Bertz CT molecular complexity index is 699. The molecular weight excluding hydrogens is 307 g/mol. The molecule has 0 saturated heterocycles. The van der Waals surface area contributed by atoms with Crippen LogP contribution in [0.25, 0.3) is 0 Å². The Balaban J connectivity index is 1.68. The highest BCUT2D eigenvalue weighted by molar-refractivity contribution is 5.92. The number of amides is 1. The first-order valence-electron chi connectivity index (χ1n) is 8.38. The number of para-hydroxylation sites is 1. The van der Waals surface area contributed by atoms with Crippen molar-refractivity contribution in [2.24, 2.45) is 0 Å². The van der Waals surface area contributed by atoms with Gasteiger partial charge in [-0.3, -0.25) is 4.79 Å². The third-order valence-corrected chi connectivity index (χ3v) is 4.20. The first-order chi connectivity index (χ1) is 11.7. The number of anilines is 2. The van der Waals surface area contributed by atoms with Crippen molar-refractivity contribution in [2.45, 2.75) is 44.6 Å². The summed E-state index contributed by atoms with van der Waals surface area (Å²) in [5, 5.41) is 5.85. The van der Waals surface area contributed by atoms with E-state index >= 15 is 0 Å². The van der Waals surface area contributed by atoms with E-state index in [-0.39, 0.29) is 29.3 Å². The molecule has 5 nitrogen and oxygen atoms in total. The Kier molecular flexibility index (Phi) is 5.36. The van der Waals surface area contributed by atoms with Crippen molar-refractivity contribution in [3.63, 3.8) is 0 Å². The standard InChI is InChI=1S/C18H21FN4O/c19-14-9-5-6-10-15(14)22-18-20-12-11-16(23-18)17(24)21-13-7-3-1-2-4-8-13/h5-6,9-13H,1-4,7-8H2,(H,21,24)(H,20,22,23). The molecule has 0 aliphatic heterocycles. The van der Waals surface area contributed by atoms with E-state index < -0.39 is 5.82 Å². The number of aromatic nitrogens is 2. The van der Waals surface area contributed by atoms with Crippen molar-refractivity contribution in [1.29, 1.82) is 0 Å². The molecule has 0 atom stereocenters. The van der Waals surface area contributed by atoms with Gasteiger partial charge in [0.1, 0.15) is 11.5 Å². The fourth-order valence-electron chi connectivity index (χ4n) is 2.91. The van der Waals surface area contributed by atoms with Crippen molar-refractivity contribution in [3.8, 4) is 0 Å². The number of rotatable bonds is 4. The molecule has 1 aromatic heterocycles.